The fourth-order valence-corrected chi connectivity index (χ4v) is 1.66. The normalized spacial score (nSPS) is 13.6. The Balaban J connectivity index is 2.46. The van der Waals surface area contributed by atoms with Crippen molar-refractivity contribution in [3.8, 4) is 0 Å². The molecule has 0 radical (unpaired) electrons. The highest BCUT2D eigenvalue weighted by molar-refractivity contribution is 5.80. The average molecular weight is 281 g/mol. The molecule has 5 nitrogen and oxygen atoms in total. The minimum absolute atomic E-state index is 0.0389. The molecular formula is C15H27N3O2. The molecule has 5 heteroatoms. The van der Waals surface area contributed by atoms with Crippen LogP contribution in [0.15, 0.2) is 27.8 Å². The van der Waals surface area contributed by atoms with Crippen LogP contribution in [0.25, 0.3) is 0 Å². The SMILES string of the molecule is CC[C@H](CO)NC(=NCC(C)C)NCCc1ccco1. The fourth-order valence-electron chi connectivity index (χ4n) is 1.66. The summed E-state index contributed by atoms with van der Waals surface area (Å²) < 4.78 is 5.30. The molecule has 1 aromatic rings. The van der Waals surface area contributed by atoms with Gasteiger partial charge in [-0.1, -0.05) is 20.8 Å². The molecule has 114 valence electrons. The Morgan fingerprint density at radius 3 is 2.80 bits per heavy atom. The molecule has 20 heavy (non-hydrogen) atoms. The summed E-state index contributed by atoms with van der Waals surface area (Å²) in [4.78, 5) is 4.53. The molecular weight excluding hydrogens is 254 g/mol. The molecule has 0 aliphatic carbocycles. The van der Waals surface area contributed by atoms with Crippen molar-refractivity contribution in [1.29, 1.82) is 0 Å². The molecule has 0 bridgehead atoms. The van der Waals surface area contributed by atoms with E-state index in [0.29, 0.717) is 5.92 Å². The molecule has 1 heterocycles. The Morgan fingerprint density at radius 1 is 1.45 bits per heavy atom. The van der Waals surface area contributed by atoms with Gasteiger partial charge in [-0.05, 0) is 24.5 Å². The van der Waals surface area contributed by atoms with E-state index in [9.17, 15) is 5.11 Å². The Labute approximate surface area is 121 Å². The highest BCUT2D eigenvalue weighted by atomic mass is 16.3. The largest absolute Gasteiger partial charge is 0.469 e. The van der Waals surface area contributed by atoms with Gasteiger partial charge in [0.1, 0.15) is 5.76 Å². The molecule has 1 rings (SSSR count). The van der Waals surface area contributed by atoms with Gasteiger partial charge >= 0.3 is 0 Å². The second-order valence-corrected chi connectivity index (χ2v) is 5.27. The van der Waals surface area contributed by atoms with Crippen LogP contribution in [-0.4, -0.2) is 36.8 Å². The van der Waals surface area contributed by atoms with Crippen LogP contribution in [0.1, 0.15) is 33.0 Å². The maximum Gasteiger partial charge on any atom is 0.191 e. The standard InChI is InChI=1S/C15H27N3O2/c1-4-13(11-19)18-15(17-10-12(2)3)16-8-7-14-6-5-9-20-14/h5-6,9,12-13,19H,4,7-8,10-11H2,1-3H3,(H2,16,17,18)/t13-/m1/s1. The molecule has 0 fully saturated rings. The van der Waals surface area contributed by atoms with Crippen LogP contribution in [-0.2, 0) is 6.42 Å². The molecule has 0 aliphatic rings. The molecule has 1 aromatic heterocycles. The van der Waals surface area contributed by atoms with Gasteiger partial charge in [0, 0.05) is 19.5 Å². The Bertz CT molecular complexity index is 370. The zero-order valence-corrected chi connectivity index (χ0v) is 12.7. The van der Waals surface area contributed by atoms with Gasteiger partial charge in [0.25, 0.3) is 0 Å². The van der Waals surface area contributed by atoms with E-state index in [1.807, 2.05) is 19.1 Å². The molecule has 1 atom stereocenters. The predicted octanol–water partition coefficient (Wildman–Crippen LogP) is 1.78. The number of hydrogen-bond donors (Lipinski definition) is 3. The van der Waals surface area contributed by atoms with E-state index >= 15 is 0 Å². The van der Waals surface area contributed by atoms with Crippen molar-refractivity contribution in [2.75, 3.05) is 19.7 Å². The lowest BCUT2D eigenvalue weighted by molar-refractivity contribution is 0.251. The summed E-state index contributed by atoms with van der Waals surface area (Å²) in [5.41, 5.74) is 0. The number of rotatable bonds is 8. The lowest BCUT2D eigenvalue weighted by Crippen LogP contribution is -2.45. The summed E-state index contributed by atoms with van der Waals surface area (Å²) in [5.74, 6) is 2.22. The first-order chi connectivity index (χ1) is 9.65. The number of hydrogen-bond acceptors (Lipinski definition) is 3. The van der Waals surface area contributed by atoms with Gasteiger partial charge < -0.3 is 20.2 Å². The van der Waals surface area contributed by atoms with Crippen LogP contribution in [0.5, 0.6) is 0 Å². The van der Waals surface area contributed by atoms with Gasteiger partial charge in [0.15, 0.2) is 5.96 Å². The second-order valence-electron chi connectivity index (χ2n) is 5.27. The summed E-state index contributed by atoms with van der Waals surface area (Å²) >= 11 is 0. The zero-order chi connectivity index (χ0) is 14.8. The smallest absolute Gasteiger partial charge is 0.191 e. The van der Waals surface area contributed by atoms with E-state index in [-0.39, 0.29) is 12.6 Å². The minimum atomic E-state index is 0.0389. The van der Waals surface area contributed by atoms with Crippen molar-refractivity contribution >= 4 is 5.96 Å². The molecule has 0 aromatic carbocycles. The second kappa shape index (κ2) is 9.42. The molecule has 0 amide bonds. The number of furan rings is 1. The van der Waals surface area contributed by atoms with Crippen molar-refractivity contribution in [3.05, 3.63) is 24.2 Å². The van der Waals surface area contributed by atoms with Crippen molar-refractivity contribution in [3.63, 3.8) is 0 Å². The monoisotopic (exact) mass is 281 g/mol. The van der Waals surface area contributed by atoms with Crippen molar-refractivity contribution in [2.45, 2.75) is 39.7 Å². The zero-order valence-electron chi connectivity index (χ0n) is 12.7. The van der Waals surface area contributed by atoms with Crippen LogP contribution >= 0.6 is 0 Å². The van der Waals surface area contributed by atoms with E-state index in [1.165, 1.54) is 0 Å². The Morgan fingerprint density at radius 2 is 2.25 bits per heavy atom. The van der Waals surface area contributed by atoms with Crippen molar-refractivity contribution in [1.82, 2.24) is 10.6 Å². The molecule has 0 spiro atoms. The fraction of sp³-hybridized carbons (Fsp3) is 0.667. The van der Waals surface area contributed by atoms with Crippen molar-refractivity contribution in [2.24, 2.45) is 10.9 Å². The summed E-state index contributed by atoms with van der Waals surface area (Å²) in [5, 5.41) is 15.8. The summed E-state index contributed by atoms with van der Waals surface area (Å²) in [6.45, 7) is 7.92. The highest BCUT2D eigenvalue weighted by Crippen LogP contribution is 1.99. The summed E-state index contributed by atoms with van der Waals surface area (Å²) in [7, 11) is 0. The maximum absolute atomic E-state index is 9.27. The quantitative estimate of drug-likeness (QED) is 0.502. The van der Waals surface area contributed by atoms with Gasteiger partial charge in [-0.3, -0.25) is 4.99 Å². The first kappa shape index (κ1) is 16.6. The first-order valence-electron chi connectivity index (χ1n) is 7.33. The van der Waals surface area contributed by atoms with Crippen LogP contribution in [0.3, 0.4) is 0 Å². The van der Waals surface area contributed by atoms with Crippen LogP contribution in [0, 0.1) is 5.92 Å². The van der Waals surface area contributed by atoms with E-state index in [2.05, 4.69) is 29.5 Å². The summed E-state index contributed by atoms with van der Waals surface area (Å²) in [6.07, 6.45) is 3.35. The molecule has 0 unspecified atom stereocenters. The van der Waals surface area contributed by atoms with Gasteiger partial charge in [0.2, 0.25) is 0 Å². The third-order valence-electron chi connectivity index (χ3n) is 2.91. The predicted molar refractivity (Wildman–Crippen MR) is 81.9 cm³/mol. The number of aliphatic hydroxyl groups is 1. The Kier molecular flexibility index (Phi) is 7.80. The molecule has 0 saturated carbocycles. The third kappa shape index (κ3) is 6.61. The molecule has 3 N–H and O–H groups in total. The van der Waals surface area contributed by atoms with Crippen LogP contribution in [0.2, 0.25) is 0 Å². The van der Waals surface area contributed by atoms with Gasteiger partial charge in [0.05, 0.1) is 18.9 Å². The minimum Gasteiger partial charge on any atom is -0.469 e. The maximum atomic E-state index is 9.27. The number of aliphatic imine (C=N–C) groups is 1. The van der Waals surface area contributed by atoms with Crippen LogP contribution in [0.4, 0.5) is 0 Å². The molecule has 0 aliphatic heterocycles. The van der Waals surface area contributed by atoms with Gasteiger partial charge in [-0.25, -0.2) is 0 Å². The van der Waals surface area contributed by atoms with E-state index in [0.717, 1.165) is 37.7 Å². The number of aliphatic hydroxyl groups excluding tert-OH is 1. The topological polar surface area (TPSA) is 69.8 Å². The highest BCUT2D eigenvalue weighted by Gasteiger charge is 2.07. The number of guanidine groups is 1. The first-order valence-corrected chi connectivity index (χ1v) is 7.33. The van der Waals surface area contributed by atoms with Crippen molar-refractivity contribution < 1.29 is 9.52 Å². The number of nitrogens with one attached hydrogen (secondary N) is 2. The van der Waals surface area contributed by atoms with E-state index in [4.69, 9.17) is 4.42 Å². The molecule has 0 saturated heterocycles. The Hall–Kier alpha value is -1.49. The number of nitrogens with zero attached hydrogens (tertiary/aromatic N) is 1. The van der Waals surface area contributed by atoms with Crippen LogP contribution < -0.4 is 10.6 Å². The van der Waals surface area contributed by atoms with Gasteiger partial charge in [-0.15, -0.1) is 0 Å². The summed E-state index contributed by atoms with van der Waals surface area (Å²) in [6, 6.07) is 3.89. The lowest BCUT2D eigenvalue weighted by Gasteiger charge is -2.19. The van der Waals surface area contributed by atoms with E-state index in [1.54, 1.807) is 6.26 Å². The lowest BCUT2D eigenvalue weighted by atomic mass is 10.2. The average Bonchev–Trinajstić information content (AvgIpc) is 2.94. The van der Waals surface area contributed by atoms with E-state index < -0.39 is 0 Å². The van der Waals surface area contributed by atoms with Gasteiger partial charge in [-0.2, -0.15) is 0 Å². The third-order valence-corrected chi connectivity index (χ3v) is 2.91.